The van der Waals surface area contributed by atoms with Crippen molar-refractivity contribution < 1.29 is 19.3 Å². The maximum absolute atomic E-state index is 10.2. The van der Waals surface area contributed by atoms with Crippen molar-refractivity contribution in [1.29, 1.82) is 0 Å². The fourth-order valence-corrected chi connectivity index (χ4v) is 3.12. The number of para-hydroxylation sites is 2. The van der Waals surface area contributed by atoms with Gasteiger partial charge in [-0.3, -0.25) is 4.90 Å². The Bertz CT molecular complexity index is 506. The number of aliphatic hydroxyl groups is 1. The molecule has 0 saturated carbocycles. The maximum Gasteiger partial charge on any atom is 0.161 e. The number of rotatable bonds is 7. The summed E-state index contributed by atoms with van der Waals surface area (Å²) in [6, 6.07) is 7.64. The van der Waals surface area contributed by atoms with Crippen LogP contribution in [0.15, 0.2) is 24.3 Å². The lowest BCUT2D eigenvalue weighted by Crippen LogP contribution is -2.49. The van der Waals surface area contributed by atoms with Crippen LogP contribution in [-0.4, -0.2) is 86.2 Å². The highest BCUT2D eigenvalue weighted by Crippen LogP contribution is 2.30. The first-order valence-corrected chi connectivity index (χ1v) is 8.83. The zero-order valence-electron chi connectivity index (χ0n) is 14.4. The quantitative estimate of drug-likeness (QED) is 0.796. The van der Waals surface area contributed by atoms with Crippen LogP contribution in [0.2, 0.25) is 0 Å². The first kappa shape index (κ1) is 17.5. The van der Waals surface area contributed by atoms with Crippen molar-refractivity contribution in [3.63, 3.8) is 0 Å². The molecule has 2 aliphatic heterocycles. The Morgan fingerprint density at radius 1 is 1.17 bits per heavy atom. The van der Waals surface area contributed by atoms with Crippen molar-refractivity contribution in [2.24, 2.45) is 0 Å². The van der Waals surface area contributed by atoms with E-state index < -0.39 is 6.10 Å². The summed E-state index contributed by atoms with van der Waals surface area (Å²) >= 11 is 0. The zero-order chi connectivity index (χ0) is 16.8. The number of benzene rings is 1. The summed E-state index contributed by atoms with van der Waals surface area (Å²) in [5.41, 5.74) is 0. The SMILES string of the molecule is CCN1CCN(C[C@@H](O)COC[C@H]2COc3ccccc3O2)CC1. The van der Waals surface area contributed by atoms with Gasteiger partial charge in [-0.25, -0.2) is 0 Å². The minimum Gasteiger partial charge on any atom is -0.486 e. The molecule has 1 N–H and O–H groups in total. The van der Waals surface area contributed by atoms with Crippen LogP contribution in [0.3, 0.4) is 0 Å². The molecule has 0 bridgehead atoms. The van der Waals surface area contributed by atoms with Crippen molar-refractivity contribution >= 4 is 0 Å². The molecule has 0 aromatic heterocycles. The molecule has 0 aliphatic carbocycles. The molecule has 1 fully saturated rings. The molecule has 0 unspecified atom stereocenters. The lowest BCUT2D eigenvalue weighted by Gasteiger charge is -2.35. The van der Waals surface area contributed by atoms with E-state index in [1.54, 1.807) is 0 Å². The fraction of sp³-hybridized carbons (Fsp3) is 0.667. The molecule has 0 radical (unpaired) electrons. The second-order valence-corrected chi connectivity index (χ2v) is 6.42. The summed E-state index contributed by atoms with van der Waals surface area (Å²) in [6.45, 7) is 9.38. The van der Waals surface area contributed by atoms with E-state index in [4.69, 9.17) is 14.2 Å². The minimum atomic E-state index is -0.463. The van der Waals surface area contributed by atoms with Gasteiger partial charge in [0.2, 0.25) is 0 Å². The Morgan fingerprint density at radius 2 is 1.88 bits per heavy atom. The molecule has 24 heavy (non-hydrogen) atoms. The summed E-state index contributed by atoms with van der Waals surface area (Å²) < 4.78 is 17.1. The highest BCUT2D eigenvalue weighted by atomic mass is 16.6. The molecular formula is C18H28N2O4. The Labute approximate surface area is 143 Å². The number of likely N-dealkylation sites (N-methyl/N-ethyl adjacent to an activating group) is 1. The van der Waals surface area contributed by atoms with E-state index in [-0.39, 0.29) is 6.10 Å². The monoisotopic (exact) mass is 336 g/mol. The predicted octanol–water partition coefficient (Wildman–Crippen LogP) is 0.841. The highest BCUT2D eigenvalue weighted by Gasteiger charge is 2.22. The van der Waals surface area contributed by atoms with Crippen LogP contribution in [0.1, 0.15) is 6.92 Å². The molecule has 6 nitrogen and oxygen atoms in total. The van der Waals surface area contributed by atoms with Crippen LogP contribution in [0, 0.1) is 0 Å². The summed E-state index contributed by atoms with van der Waals surface area (Å²) in [7, 11) is 0. The van der Waals surface area contributed by atoms with Crippen LogP contribution in [0.5, 0.6) is 11.5 Å². The van der Waals surface area contributed by atoms with Gasteiger partial charge in [-0.05, 0) is 18.7 Å². The van der Waals surface area contributed by atoms with E-state index in [2.05, 4.69) is 16.7 Å². The maximum atomic E-state index is 10.2. The molecule has 1 aromatic carbocycles. The van der Waals surface area contributed by atoms with E-state index in [0.717, 1.165) is 44.2 Å². The largest absolute Gasteiger partial charge is 0.486 e. The topological polar surface area (TPSA) is 54.4 Å². The van der Waals surface area contributed by atoms with E-state index in [1.165, 1.54) is 0 Å². The molecule has 6 heteroatoms. The van der Waals surface area contributed by atoms with Gasteiger partial charge in [0.15, 0.2) is 17.6 Å². The van der Waals surface area contributed by atoms with Crippen molar-refractivity contribution in [3.8, 4) is 11.5 Å². The van der Waals surface area contributed by atoms with E-state index in [0.29, 0.717) is 26.4 Å². The molecule has 3 rings (SSSR count). The molecule has 0 amide bonds. The number of nitrogens with zero attached hydrogens (tertiary/aromatic N) is 2. The first-order chi connectivity index (χ1) is 11.7. The summed E-state index contributed by atoms with van der Waals surface area (Å²) in [5, 5.41) is 10.2. The second kappa shape index (κ2) is 8.67. The molecule has 134 valence electrons. The average molecular weight is 336 g/mol. The molecular weight excluding hydrogens is 308 g/mol. The number of ether oxygens (including phenoxy) is 3. The van der Waals surface area contributed by atoms with Crippen LogP contribution in [0.25, 0.3) is 0 Å². The van der Waals surface area contributed by atoms with Crippen LogP contribution in [0.4, 0.5) is 0 Å². The number of hydrogen-bond donors (Lipinski definition) is 1. The zero-order valence-corrected chi connectivity index (χ0v) is 14.4. The lowest BCUT2D eigenvalue weighted by molar-refractivity contribution is -0.0319. The lowest BCUT2D eigenvalue weighted by atomic mass is 10.2. The van der Waals surface area contributed by atoms with Gasteiger partial charge in [-0.15, -0.1) is 0 Å². The molecule has 2 aliphatic rings. The summed E-state index contributed by atoms with van der Waals surface area (Å²) in [5.74, 6) is 1.53. The van der Waals surface area contributed by atoms with Crippen molar-refractivity contribution in [3.05, 3.63) is 24.3 Å². The van der Waals surface area contributed by atoms with E-state index in [9.17, 15) is 5.11 Å². The van der Waals surface area contributed by atoms with Gasteiger partial charge in [-0.1, -0.05) is 19.1 Å². The minimum absolute atomic E-state index is 0.125. The van der Waals surface area contributed by atoms with E-state index >= 15 is 0 Å². The normalized spacial score (nSPS) is 23.2. The number of hydrogen-bond acceptors (Lipinski definition) is 6. The fourth-order valence-electron chi connectivity index (χ4n) is 3.12. The number of fused-ring (bicyclic) bond motifs is 1. The van der Waals surface area contributed by atoms with Crippen LogP contribution < -0.4 is 9.47 Å². The molecule has 2 heterocycles. The number of aliphatic hydroxyl groups excluding tert-OH is 1. The summed E-state index contributed by atoms with van der Waals surface area (Å²) in [6.07, 6.45) is -0.588. The van der Waals surface area contributed by atoms with Crippen molar-refractivity contribution in [2.45, 2.75) is 19.1 Å². The van der Waals surface area contributed by atoms with Gasteiger partial charge >= 0.3 is 0 Å². The Balaban J connectivity index is 1.32. The van der Waals surface area contributed by atoms with Gasteiger partial charge in [0.25, 0.3) is 0 Å². The average Bonchev–Trinajstić information content (AvgIpc) is 2.62. The first-order valence-electron chi connectivity index (χ1n) is 8.83. The Morgan fingerprint density at radius 3 is 2.62 bits per heavy atom. The molecule has 1 saturated heterocycles. The third kappa shape index (κ3) is 4.83. The Kier molecular flexibility index (Phi) is 6.31. The second-order valence-electron chi connectivity index (χ2n) is 6.42. The van der Waals surface area contributed by atoms with Crippen molar-refractivity contribution in [1.82, 2.24) is 9.80 Å². The van der Waals surface area contributed by atoms with E-state index in [1.807, 2.05) is 24.3 Å². The third-order valence-electron chi connectivity index (χ3n) is 4.56. The third-order valence-corrected chi connectivity index (χ3v) is 4.56. The van der Waals surface area contributed by atoms with Crippen molar-refractivity contribution in [2.75, 3.05) is 59.1 Å². The number of piperazine rings is 1. The van der Waals surface area contributed by atoms with Gasteiger partial charge in [-0.2, -0.15) is 0 Å². The van der Waals surface area contributed by atoms with Crippen LogP contribution in [-0.2, 0) is 4.74 Å². The molecule has 2 atom stereocenters. The highest BCUT2D eigenvalue weighted by molar-refractivity contribution is 5.40. The van der Waals surface area contributed by atoms with Crippen LogP contribution >= 0.6 is 0 Å². The summed E-state index contributed by atoms with van der Waals surface area (Å²) in [4.78, 5) is 4.73. The van der Waals surface area contributed by atoms with Gasteiger partial charge < -0.3 is 24.2 Å². The smallest absolute Gasteiger partial charge is 0.161 e. The van der Waals surface area contributed by atoms with Gasteiger partial charge in [0.1, 0.15) is 6.61 Å². The predicted molar refractivity (Wildman–Crippen MR) is 91.7 cm³/mol. The number of β-amino-alcohol motifs (C(OH)–C–C–N with tert-alkyl or cyclic N) is 1. The van der Waals surface area contributed by atoms with Gasteiger partial charge in [0.05, 0.1) is 19.3 Å². The molecule has 1 aromatic rings. The standard InChI is InChI=1S/C18H28N2O4/c1-2-19-7-9-20(10-8-19)11-15(21)12-22-13-16-14-23-17-5-3-4-6-18(17)24-16/h3-6,15-16,21H,2,7-14H2,1H3/t15-,16+/m1/s1. The Hall–Kier alpha value is -1.34. The molecule has 0 spiro atoms. The van der Waals surface area contributed by atoms with Gasteiger partial charge in [0, 0.05) is 32.7 Å².